The van der Waals surface area contributed by atoms with Crippen LogP contribution in [0.15, 0.2) is 36.8 Å². The number of hydrogen-bond donors (Lipinski definition) is 1. The number of aryl methyl sites for hydroxylation is 2. The van der Waals surface area contributed by atoms with E-state index in [4.69, 9.17) is 0 Å². The van der Waals surface area contributed by atoms with Gasteiger partial charge in [0.25, 0.3) is 0 Å². The molecule has 1 N–H and O–H groups in total. The molecule has 4 aromatic rings. The molecule has 0 atom stereocenters. The SMILES string of the molecule is Cc1cc(NC(=O)CC(C)C)n(-c2ncnc3c2cnn3-c2cccc(C)c2C)n1. The first-order valence-electron chi connectivity index (χ1n) is 9.97. The number of nitrogens with zero attached hydrogens (tertiary/aromatic N) is 6. The zero-order valence-corrected chi connectivity index (χ0v) is 17.8. The van der Waals surface area contributed by atoms with Crippen molar-refractivity contribution in [3.63, 3.8) is 0 Å². The van der Waals surface area contributed by atoms with Gasteiger partial charge in [-0.3, -0.25) is 4.79 Å². The third kappa shape index (κ3) is 3.56. The summed E-state index contributed by atoms with van der Waals surface area (Å²) in [6.07, 6.45) is 3.68. The Morgan fingerprint density at radius 1 is 1.13 bits per heavy atom. The third-order valence-electron chi connectivity index (χ3n) is 5.04. The van der Waals surface area contributed by atoms with Gasteiger partial charge in [0, 0.05) is 12.5 Å². The van der Waals surface area contributed by atoms with E-state index in [9.17, 15) is 4.79 Å². The van der Waals surface area contributed by atoms with Crippen molar-refractivity contribution in [2.24, 2.45) is 5.92 Å². The second kappa shape index (κ2) is 7.70. The van der Waals surface area contributed by atoms with E-state index in [1.807, 2.05) is 43.7 Å². The standard InChI is InChI=1S/C22H25N7O/c1-13(2)9-20(30)26-19-10-15(4)27-29(19)22-17-11-25-28(21(17)23-12-24-22)18-8-6-7-14(3)16(18)5/h6-8,10-13H,9H2,1-5H3,(H,26,30). The van der Waals surface area contributed by atoms with E-state index in [-0.39, 0.29) is 11.8 Å². The molecule has 3 aromatic heterocycles. The second-order valence-electron chi connectivity index (χ2n) is 7.94. The van der Waals surface area contributed by atoms with Gasteiger partial charge >= 0.3 is 0 Å². The number of carbonyl (C=O) groups excluding carboxylic acids is 1. The summed E-state index contributed by atoms with van der Waals surface area (Å²) in [5.41, 5.74) is 4.75. The lowest BCUT2D eigenvalue weighted by atomic mass is 10.1. The lowest BCUT2D eigenvalue weighted by molar-refractivity contribution is -0.116. The van der Waals surface area contributed by atoms with E-state index in [0.29, 0.717) is 23.7 Å². The Labute approximate surface area is 175 Å². The fraction of sp³-hybridized carbons (Fsp3) is 0.318. The first kappa shape index (κ1) is 19.8. The molecule has 0 aliphatic heterocycles. The number of amides is 1. The normalized spacial score (nSPS) is 11.4. The fourth-order valence-corrected chi connectivity index (χ4v) is 3.46. The molecule has 0 spiro atoms. The molecule has 0 aliphatic carbocycles. The van der Waals surface area contributed by atoms with Gasteiger partial charge in [0.1, 0.15) is 12.1 Å². The van der Waals surface area contributed by atoms with Gasteiger partial charge in [0.15, 0.2) is 11.5 Å². The molecule has 30 heavy (non-hydrogen) atoms. The first-order valence-corrected chi connectivity index (χ1v) is 9.97. The Balaban J connectivity index is 1.81. The number of aromatic nitrogens is 6. The average Bonchev–Trinajstić information content (AvgIpc) is 3.26. The largest absolute Gasteiger partial charge is 0.311 e. The number of rotatable bonds is 5. The molecule has 0 fully saturated rings. The Bertz CT molecular complexity index is 1240. The molecule has 0 radical (unpaired) electrons. The van der Waals surface area contributed by atoms with E-state index in [1.165, 1.54) is 11.9 Å². The topological polar surface area (TPSA) is 90.5 Å². The van der Waals surface area contributed by atoms with Crippen LogP contribution in [-0.2, 0) is 4.79 Å². The fourth-order valence-electron chi connectivity index (χ4n) is 3.46. The molecule has 0 saturated heterocycles. The summed E-state index contributed by atoms with van der Waals surface area (Å²) in [7, 11) is 0. The minimum atomic E-state index is -0.0532. The summed E-state index contributed by atoms with van der Waals surface area (Å²) < 4.78 is 3.46. The molecule has 0 unspecified atom stereocenters. The maximum absolute atomic E-state index is 12.3. The van der Waals surface area contributed by atoms with Crippen LogP contribution >= 0.6 is 0 Å². The maximum Gasteiger partial charge on any atom is 0.225 e. The second-order valence-corrected chi connectivity index (χ2v) is 7.94. The van der Waals surface area contributed by atoms with Crippen molar-refractivity contribution in [2.45, 2.75) is 41.0 Å². The van der Waals surface area contributed by atoms with Crippen molar-refractivity contribution in [1.29, 1.82) is 0 Å². The van der Waals surface area contributed by atoms with Crippen LogP contribution in [0.2, 0.25) is 0 Å². The molecule has 8 nitrogen and oxygen atoms in total. The Morgan fingerprint density at radius 2 is 1.93 bits per heavy atom. The Kier molecular flexibility index (Phi) is 5.07. The molecule has 0 saturated carbocycles. The number of fused-ring (bicyclic) bond motifs is 1. The number of benzene rings is 1. The first-order chi connectivity index (χ1) is 14.3. The lowest BCUT2D eigenvalue weighted by Crippen LogP contribution is -2.17. The van der Waals surface area contributed by atoms with Crippen LogP contribution in [0, 0.1) is 26.7 Å². The molecule has 1 aromatic carbocycles. The van der Waals surface area contributed by atoms with Gasteiger partial charge in [-0.05, 0) is 43.9 Å². The van der Waals surface area contributed by atoms with Gasteiger partial charge < -0.3 is 5.32 Å². The predicted octanol–water partition coefficient (Wildman–Crippen LogP) is 3.91. The highest BCUT2D eigenvalue weighted by atomic mass is 16.1. The van der Waals surface area contributed by atoms with Crippen molar-refractivity contribution in [1.82, 2.24) is 29.5 Å². The molecular weight excluding hydrogens is 378 g/mol. The van der Waals surface area contributed by atoms with E-state index < -0.39 is 0 Å². The molecule has 3 heterocycles. The molecule has 154 valence electrons. The highest BCUT2D eigenvalue weighted by Gasteiger charge is 2.18. The smallest absolute Gasteiger partial charge is 0.225 e. The molecular formula is C22H25N7O. The van der Waals surface area contributed by atoms with Crippen molar-refractivity contribution in [2.75, 3.05) is 5.32 Å². The van der Waals surface area contributed by atoms with Gasteiger partial charge in [0.2, 0.25) is 5.91 Å². The minimum absolute atomic E-state index is 0.0532. The summed E-state index contributed by atoms with van der Waals surface area (Å²) in [6.45, 7) is 10.0. The van der Waals surface area contributed by atoms with Gasteiger partial charge in [-0.1, -0.05) is 26.0 Å². The summed E-state index contributed by atoms with van der Waals surface area (Å²) in [6, 6.07) is 7.93. The molecule has 8 heteroatoms. The zero-order chi connectivity index (χ0) is 21.4. The van der Waals surface area contributed by atoms with E-state index in [2.05, 4.69) is 45.4 Å². The summed E-state index contributed by atoms with van der Waals surface area (Å²) >= 11 is 0. The van der Waals surface area contributed by atoms with Crippen LogP contribution in [0.25, 0.3) is 22.5 Å². The highest BCUT2D eigenvalue weighted by Crippen LogP contribution is 2.26. The molecule has 0 aliphatic rings. The lowest BCUT2D eigenvalue weighted by Gasteiger charge is -2.11. The number of anilines is 1. The van der Waals surface area contributed by atoms with Gasteiger partial charge in [-0.15, -0.1) is 0 Å². The van der Waals surface area contributed by atoms with Crippen LogP contribution in [-0.4, -0.2) is 35.4 Å². The summed E-state index contributed by atoms with van der Waals surface area (Å²) in [5.74, 6) is 1.37. The number of hydrogen-bond acceptors (Lipinski definition) is 5. The van der Waals surface area contributed by atoms with Crippen LogP contribution in [0.3, 0.4) is 0 Å². The Hall–Kier alpha value is -3.55. The van der Waals surface area contributed by atoms with E-state index in [1.54, 1.807) is 10.9 Å². The average molecular weight is 403 g/mol. The van der Waals surface area contributed by atoms with Crippen LogP contribution in [0.1, 0.15) is 37.1 Å². The van der Waals surface area contributed by atoms with Gasteiger partial charge in [0.05, 0.1) is 23.0 Å². The van der Waals surface area contributed by atoms with Crippen molar-refractivity contribution in [3.8, 4) is 11.5 Å². The van der Waals surface area contributed by atoms with Crippen molar-refractivity contribution >= 4 is 22.8 Å². The Morgan fingerprint density at radius 3 is 2.70 bits per heavy atom. The van der Waals surface area contributed by atoms with E-state index >= 15 is 0 Å². The summed E-state index contributed by atoms with van der Waals surface area (Å²) in [4.78, 5) is 21.3. The maximum atomic E-state index is 12.3. The van der Waals surface area contributed by atoms with Crippen LogP contribution in [0.4, 0.5) is 5.82 Å². The number of carbonyl (C=O) groups is 1. The van der Waals surface area contributed by atoms with Crippen molar-refractivity contribution < 1.29 is 4.79 Å². The van der Waals surface area contributed by atoms with Crippen molar-refractivity contribution in [3.05, 3.63) is 53.6 Å². The number of nitrogens with one attached hydrogen (secondary N) is 1. The predicted molar refractivity (Wildman–Crippen MR) is 116 cm³/mol. The molecule has 0 bridgehead atoms. The molecule has 1 amide bonds. The van der Waals surface area contributed by atoms with Gasteiger partial charge in [-0.2, -0.15) is 14.9 Å². The zero-order valence-electron chi connectivity index (χ0n) is 17.8. The molecule has 4 rings (SSSR count). The monoisotopic (exact) mass is 403 g/mol. The van der Waals surface area contributed by atoms with Crippen LogP contribution < -0.4 is 5.32 Å². The van der Waals surface area contributed by atoms with Crippen LogP contribution in [0.5, 0.6) is 0 Å². The highest BCUT2D eigenvalue weighted by molar-refractivity contribution is 5.91. The quantitative estimate of drug-likeness (QED) is 0.546. The summed E-state index contributed by atoms with van der Waals surface area (Å²) in [5, 5.41) is 12.8. The third-order valence-corrected chi connectivity index (χ3v) is 5.04. The van der Waals surface area contributed by atoms with Gasteiger partial charge in [-0.25, -0.2) is 14.6 Å². The minimum Gasteiger partial charge on any atom is -0.311 e. The van der Waals surface area contributed by atoms with E-state index in [0.717, 1.165) is 22.3 Å².